The summed E-state index contributed by atoms with van der Waals surface area (Å²) < 4.78 is 3.97. The van der Waals surface area contributed by atoms with E-state index in [2.05, 4.69) is 4.29 Å². The van der Waals surface area contributed by atoms with Crippen molar-refractivity contribution >= 4 is 18.0 Å². The maximum atomic E-state index is 10.6. The molecule has 4 nitrogen and oxygen atoms in total. The van der Waals surface area contributed by atoms with E-state index in [1.807, 2.05) is 0 Å². The summed E-state index contributed by atoms with van der Waals surface area (Å²) in [5.74, 6) is 0.427. The molecule has 1 aliphatic heterocycles. The van der Waals surface area contributed by atoms with Gasteiger partial charge in [0.05, 0.1) is 0 Å². The van der Waals surface area contributed by atoms with E-state index in [-0.39, 0.29) is 0 Å². The highest BCUT2D eigenvalue weighted by Gasteiger charge is 2.30. The summed E-state index contributed by atoms with van der Waals surface area (Å²) in [7, 11) is 0. The normalized spacial score (nSPS) is 18.4. The lowest BCUT2D eigenvalue weighted by Gasteiger charge is -2.36. The minimum atomic E-state index is -0.480. The first-order valence-corrected chi connectivity index (χ1v) is 3.36. The van der Waals surface area contributed by atoms with E-state index in [9.17, 15) is 4.79 Å². The Morgan fingerprint density at radius 2 is 2.40 bits per heavy atom. The molecule has 1 amide bonds. The number of nitrogens with zero attached hydrogens (tertiary/aromatic N) is 1. The first-order valence-electron chi connectivity index (χ1n) is 3.05. The molecule has 1 rings (SSSR count). The predicted octanol–water partition coefficient (Wildman–Crippen LogP) is 0.167. The fourth-order valence-electron chi connectivity index (χ4n) is 0.917. The maximum Gasteiger partial charge on any atom is 0.428 e. The molecule has 0 atom stereocenters. The van der Waals surface area contributed by atoms with E-state index < -0.39 is 6.09 Å². The Bertz CT molecular complexity index is 136. The van der Waals surface area contributed by atoms with Crippen LogP contribution in [-0.4, -0.2) is 30.6 Å². The van der Waals surface area contributed by atoms with Gasteiger partial charge < -0.3 is 14.9 Å². The van der Waals surface area contributed by atoms with Gasteiger partial charge in [-0.1, -0.05) is 0 Å². The van der Waals surface area contributed by atoms with Gasteiger partial charge in [-0.15, -0.1) is 0 Å². The van der Waals surface area contributed by atoms with Crippen molar-refractivity contribution in [2.75, 3.05) is 19.6 Å². The first-order chi connectivity index (χ1) is 4.77. The second-order valence-corrected chi connectivity index (χ2v) is 2.50. The number of carbonyl (C=O) groups excluding carboxylic acids is 1. The van der Waals surface area contributed by atoms with Gasteiger partial charge in [-0.2, -0.15) is 0 Å². The average molecular weight is 165 g/mol. The summed E-state index contributed by atoms with van der Waals surface area (Å²) in [5, 5.41) is 0. The molecule has 0 aliphatic carbocycles. The Morgan fingerprint density at radius 1 is 1.80 bits per heavy atom. The van der Waals surface area contributed by atoms with Crippen molar-refractivity contribution in [3.8, 4) is 0 Å². The van der Waals surface area contributed by atoms with Gasteiger partial charge in [-0.25, -0.2) is 4.79 Å². The molecular weight excluding hydrogens is 156 g/mol. The van der Waals surface area contributed by atoms with Crippen molar-refractivity contribution in [2.45, 2.75) is 0 Å². The van der Waals surface area contributed by atoms with Crippen molar-refractivity contribution < 1.29 is 9.08 Å². The number of halogens is 1. The summed E-state index contributed by atoms with van der Waals surface area (Å²) in [4.78, 5) is 12.1. The number of likely N-dealkylation sites (tertiary alicyclic amines) is 1. The molecule has 2 N–H and O–H groups in total. The molecule has 0 bridgehead atoms. The number of amides is 1. The molecule has 0 spiro atoms. The van der Waals surface area contributed by atoms with Gasteiger partial charge in [0.15, 0.2) is 0 Å². The molecule has 0 radical (unpaired) electrons. The average Bonchev–Trinajstić information content (AvgIpc) is 1.85. The quantitative estimate of drug-likeness (QED) is 0.601. The Hall–Kier alpha value is -0.480. The third kappa shape index (κ3) is 1.33. The van der Waals surface area contributed by atoms with Crippen LogP contribution in [0.1, 0.15) is 0 Å². The monoisotopic (exact) mass is 164 g/mol. The third-order valence-electron chi connectivity index (χ3n) is 1.61. The lowest BCUT2D eigenvalue weighted by Crippen LogP contribution is -2.52. The standard InChI is InChI=1S/C5H9ClN2O2/c6-10-5(9)8-2-4(1-7)3-8/h4H,1-3,7H2. The highest BCUT2D eigenvalue weighted by atomic mass is 35.5. The fourth-order valence-corrected chi connectivity index (χ4v) is 1.01. The Labute approximate surface area is 64.0 Å². The lowest BCUT2D eigenvalue weighted by molar-refractivity contribution is 0.0933. The number of nitrogens with two attached hydrogens (primary N) is 1. The minimum Gasteiger partial charge on any atom is -0.330 e. The van der Waals surface area contributed by atoms with Gasteiger partial charge in [0.25, 0.3) is 0 Å². The van der Waals surface area contributed by atoms with Gasteiger partial charge in [-0.05, 0) is 6.54 Å². The van der Waals surface area contributed by atoms with E-state index in [1.165, 1.54) is 4.90 Å². The fraction of sp³-hybridized carbons (Fsp3) is 0.800. The Kier molecular flexibility index (Phi) is 2.34. The van der Waals surface area contributed by atoms with Crippen LogP contribution in [0.4, 0.5) is 4.79 Å². The van der Waals surface area contributed by atoms with E-state index >= 15 is 0 Å². The van der Waals surface area contributed by atoms with Crippen LogP contribution in [0.3, 0.4) is 0 Å². The zero-order valence-electron chi connectivity index (χ0n) is 5.42. The molecule has 1 fully saturated rings. The van der Waals surface area contributed by atoms with Gasteiger partial charge in [-0.3, -0.25) is 0 Å². The lowest BCUT2D eigenvalue weighted by atomic mass is 10.0. The molecule has 0 aromatic carbocycles. The largest absolute Gasteiger partial charge is 0.428 e. The molecule has 1 aliphatic rings. The van der Waals surface area contributed by atoms with Crippen molar-refractivity contribution in [1.29, 1.82) is 0 Å². The van der Waals surface area contributed by atoms with Crippen LogP contribution in [0.25, 0.3) is 0 Å². The highest BCUT2D eigenvalue weighted by molar-refractivity contribution is 6.12. The second kappa shape index (κ2) is 3.07. The van der Waals surface area contributed by atoms with Gasteiger partial charge in [0.1, 0.15) is 11.9 Å². The molecule has 1 saturated heterocycles. The summed E-state index contributed by atoms with van der Waals surface area (Å²) in [6.45, 7) is 1.95. The van der Waals surface area contributed by atoms with Gasteiger partial charge in [0.2, 0.25) is 0 Å². The number of rotatable bonds is 1. The van der Waals surface area contributed by atoms with Crippen molar-refractivity contribution in [3.63, 3.8) is 0 Å². The number of hydrogen-bond acceptors (Lipinski definition) is 3. The zero-order valence-corrected chi connectivity index (χ0v) is 6.17. The van der Waals surface area contributed by atoms with Crippen LogP contribution in [0, 0.1) is 5.92 Å². The smallest absolute Gasteiger partial charge is 0.330 e. The van der Waals surface area contributed by atoms with Crippen molar-refractivity contribution in [3.05, 3.63) is 0 Å². The maximum absolute atomic E-state index is 10.6. The Balaban J connectivity index is 2.19. The highest BCUT2D eigenvalue weighted by Crippen LogP contribution is 2.14. The topological polar surface area (TPSA) is 55.6 Å². The van der Waals surface area contributed by atoms with Gasteiger partial charge in [0, 0.05) is 19.0 Å². The van der Waals surface area contributed by atoms with Crippen LogP contribution >= 0.6 is 11.9 Å². The predicted molar refractivity (Wildman–Crippen MR) is 36.5 cm³/mol. The number of carbonyl (C=O) groups is 1. The summed E-state index contributed by atoms with van der Waals surface area (Å²) in [6.07, 6.45) is -0.480. The SMILES string of the molecule is NCC1CN(C(=O)OCl)C1. The molecule has 58 valence electrons. The van der Waals surface area contributed by atoms with E-state index in [0.29, 0.717) is 25.6 Å². The molecule has 0 unspecified atom stereocenters. The van der Waals surface area contributed by atoms with E-state index in [1.54, 1.807) is 0 Å². The zero-order chi connectivity index (χ0) is 7.56. The molecular formula is C5H9ClN2O2. The van der Waals surface area contributed by atoms with Crippen molar-refractivity contribution in [1.82, 2.24) is 4.90 Å². The summed E-state index contributed by atoms with van der Waals surface area (Å²) in [5.41, 5.74) is 5.33. The van der Waals surface area contributed by atoms with Crippen LogP contribution in [0.15, 0.2) is 0 Å². The molecule has 0 aromatic heterocycles. The van der Waals surface area contributed by atoms with Gasteiger partial charge >= 0.3 is 6.09 Å². The summed E-state index contributed by atoms with van der Waals surface area (Å²) >= 11 is 4.83. The van der Waals surface area contributed by atoms with Crippen LogP contribution < -0.4 is 5.73 Å². The molecule has 1 heterocycles. The van der Waals surface area contributed by atoms with Crippen molar-refractivity contribution in [2.24, 2.45) is 11.7 Å². The van der Waals surface area contributed by atoms with E-state index in [4.69, 9.17) is 17.6 Å². The first kappa shape index (κ1) is 7.63. The van der Waals surface area contributed by atoms with Crippen LogP contribution in [0.5, 0.6) is 0 Å². The Morgan fingerprint density at radius 3 is 2.80 bits per heavy atom. The minimum absolute atomic E-state index is 0.427. The summed E-state index contributed by atoms with van der Waals surface area (Å²) in [6, 6.07) is 0. The van der Waals surface area contributed by atoms with E-state index in [0.717, 1.165) is 0 Å². The molecule has 5 heteroatoms. The molecule has 10 heavy (non-hydrogen) atoms. The third-order valence-corrected chi connectivity index (χ3v) is 1.75. The second-order valence-electron chi connectivity index (χ2n) is 2.35. The van der Waals surface area contributed by atoms with Crippen LogP contribution in [-0.2, 0) is 4.29 Å². The molecule has 0 saturated carbocycles. The number of hydrogen-bond donors (Lipinski definition) is 1. The van der Waals surface area contributed by atoms with Crippen LogP contribution in [0.2, 0.25) is 0 Å². The molecule has 0 aromatic rings.